The lowest BCUT2D eigenvalue weighted by Gasteiger charge is -2.29. The molecule has 0 fully saturated rings. The SMILES string of the molecule is CCOC(=O)CCC1(C#N)c2ccccc2CCc2ccccc21. The highest BCUT2D eigenvalue weighted by molar-refractivity contribution is 5.70. The fourth-order valence-corrected chi connectivity index (χ4v) is 3.69. The molecule has 3 heteroatoms. The maximum atomic E-state index is 11.9. The van der Waals surface area contributed by atoms with Gasteiger partial charge in [-0.3, -0.25) is 4.79 Å². The summed E-state index contributed by atoms with van der Waals surface area (Å²) in [5.74, 6) is -0.244. The van der Waals surface area contributed by atoms with Crippen LogP contribution in [0.3, 0.4) is 0 Å². The normalized spacial score (nSPS) is 14.7. The minimum Gasteiger partial charge on any atom is -0.466 e. The first kappa shape index (κ1) is 16.3. The lowest BCUT2D eigenvalue weighted by molar-refractivity contribution is -0.143. The number of rotatable bonds is 4. The molecule has 24 heavy (non-hydrogen) atoms. The molecule has 0 saturated carbocycles. The number of nitrogens with zero attached hydrogens (tertiary/aromatic N) is 1. The summed E-state index contributed by atoms with van der Waals surface area (Å²) in [7, 11) is 0. The summed E-state index contributed by atoms with van der Waals surface area (Å²) in [5, 5.41) is 10.2. The molecule has 2 aromatic carbocycles. The molecule has 0 aromatic heterocycles. The summed E-state index contributed by atoms with van der Waals surface area (Å²) in [6.07, 6.45) is 2.51. The molecule has 0 saturated heterocycles. The third-order valence-electron chi connectivity index (χ3n) is 4.82. The predicted molar refractivity (Wildman–Crippen MR) is 92.6 cm³/mol. The number of hydrogen-bond donors (Lipinski definition) is 0. The van der Waals surface area contributed by atoms with E-state index < -0.39 is 5.41 Å². The molecule has 0 unspecified atom stereocenters. The molecule has 0 bridgehead atoms. The van der Waals surface area contributed by atoms with E-state index in [2.05, 4.69) is 18.2 Å². The van der Waals surface area contributed by atoms with Crippen LogP contribution < -0.4 is 0 Å². The highest BCUT2D eigenvalue weighted by Gasteiger charge is 2.39. The quantitative estimate of drug-likeness (QED) is 0.802. The van der Waals surface area contributed by atoms with Gasteiger partial charge < -0.3 is 4.74 Å². The van der Waals surface area contributed by atoms with Gasteiger partial charge in [-0.15, -0.1) is 0 Å². The summed E-state index contributed by atoms with van der Waals surface area (Å²) in [5.41, 5.74) is 3.65. The van der Waals surface area contributed by atoms with Crippen LogP contribution in [-0.4, -0.2) is 12.6 Å². The summed E-state index contributed by atoms with van der Waals surface area (Å²) >= 11 is 0. The van der Waals surface area contributed by atoms with Gasteiger partial charge in [-0.25, -0.2) is 0 Å². The number of carbonyl (C=O) groups excluding carboxylic acids is 1. The molecular weight excluding hydrogens is 298 g/mol. The van der Waals surface area contributed by atoms with Gasteiger partial charge in [-0.05, 0) is 48.4 Å². The first-order valence-electron chi connectivity index (χ1n) is 8.45. The fraction of sp³-hybridized carbons (Fsp3) is 0.333. The van der Waals surface area contributed by atoms with Gasteiger partial charge in [0, 0.05) is 6.42 Å². The molecule has 0 atom stereocenters. The van der Waals surface area contributed by atoms with E-state index in [0.717, 1.165) is 24.0 Å². The van der Waals surface area contributed by atoms with Crippen molar-refractivity contribution < 1.29 is 9.53 Å². The number of fused-ring (bicyclic) bond motifs is 2. The largest absolute Gasteiger partial charge is 0.466 e. The highest BCUT2D eigenvalue weighted by Crippen LogP contribution is 2.42. The zero-order valence-corrected chi connectivity index (χ0v) is 13.9. The Hall–Kier alpha value is -2.60. The van der Waals surface area contributed by atoms with E-state index >= 15 is 0 Å². The summed E-state index contributed by atoms with van der Waals surface area (Å²) in [4.78, 5) is 11.9. The third kappa shape index (κ3) is 2.80. The van der Waals surface area contributed by atoms with Crippen LogP contribution in [0, 0.1) is 11.3 Å². The van der Waals surface area contributed by atoms with Gasteiger partial charge in [0.2, 0.25) is 0 Å². The third-order valence-corrected chi connectivity index (χ3v) is 4.82. The molecule has 2 aromatic rings. The molecule has 3 rings (SSSR count). The topological polar surface area (TPSA) is 50.1 Å². The van der Waals surface area contributed by atoms with Crippen molar-refractivity contribution in [3.63, 3.8) is 0 Å². The maximum Gasteiger partial charge on any atom is 0.305 e. The van der Waals surface area contributed by atoms with E-state index in [9.17, 15) is 10.1 Å². The van der Waals surface area contributed by atoms with Crippen molar-refractivity contribution in [1.82, 2.24) is 0 Å². The van der Waals surface area contributed by atoms with Crippen LogP contribution in [-0.2, 0) is 27.8 Å². The predicted octanol–water partition coefficient (Wildman–Crippen LogP) is 3.94. The molecule has 1 aliphatic rings. The number of carbonyl (C=O) groups is 1. The van der Waals surface area contributed by atoms with Gasteiger partial charge in [0.15, 0.2) is 0 Å². The Bertz CT molecular complexity index is 741. The zero-order chi connectivity index (χ0) is 17.0. The van der Waals surface area contributed by atoms with E-state index in [-0.39, 0.29) is 12.4 Å². The van der Waals surface area contributed by atoms with Crippen LogP contribution in [0.1, 0.15) is 42.0 Å². The minimum absolute atomic E-state index is 0.240. The maximum absolute atomic E-state index is 11.9. The van der Waals surface area contributed by atoms with Crippen molar-refractivity contribution in [2.24, 2.45) is 0 Å². The molecule has 0 spiro atoms. The van der Waals surface area contributed by atoms with Crippen molar-refractivity contribution >= 4 is 5.97 Å². The minimum atomic E-state index is -0.795. The molecule has 0 amide bonds. The van der Waals surface area contributed by atoms with E-state index in [4.69, 9.17) is 4.74 Å². The Morgan fingerprint density at radius 2 is 1.62 bits per heavy atom. The van der Waals surface area contributed by atoms with Crippen LogP contribution in [0.2, 0.25) is 0 Å². The van der Waals surface area contributed by atoms with Crippen LogP contribution in [0.15, 0.2) is 48.5 Å². The Morgan fingerprint density at radius 1 is 1.08 bits per heavy atom. The van der Waals surface area contributed by atoms with E-state index in [0.29, 0.717) is 13.0 Å². The number of ether oxygens (including phenoxy) is 1. The zero-order valence-electron chi connectivity index (χ0n) is 13.9. The van der Waals surface area contributed by atoms with Gasteiger partial charge in [-0.1, -0.05) is 48.5 Å². The number of benzene rings is 2. The fourth-order valence-electron chi connectivity index (χ4n) is 3.69. The Morgan fingerprint density at radius 3 is 2.12 bits per heavy atom. The molecule has 0 radical (unpaired) electrons. The van der Waals surface area contributed by atoms with Crippen molar-refractivity contribution in [2.75, 3.05) is 6.61 Å². The Kier molecular flexibility index (Phi) is 4.66. The van der Waals surface area contributed by atoms with E-state index in [1.165, 1.54) is 11.1 Å². The molecular formula is C21H21NO2. The number of nitriles is 1. The summed E-state index contributed by atoms with van der Waals surface area (Å²) < 4.78 is 5.08. The molecule has 0 aliphatic heterocycles. The van der Waals surface area contributed by atoms with Gasteiger partial charge in [-0.2, -0.15) is 5.26 Å². The molecule has 1 aliphatic carbocycles. The first-order chi connectivity index (χ1) is 11.7. The molecule has 0 N–H and O–H groups in total. The van der Waals surface area contributed by atoms with Crippen molar-refractivity contribution in [2.45, 2.75) is 38.0 Å². The van der Waals surface area contributed by atoms with E-state index in [1.807, 2.05) is 36.4 Å². The second kappa shape index (κ2) is 6.88. The standard InChI is InChI=1S/C21H21NO2/c1-2-24-20(23)13-14-21(15-22)18-9-5-3-7-16(18)11-12-17-8-4-6-10-19(17)21/h3-10H,2,11-14H2,1H3. The number of esters is 1. The van der Waals surface area contributed by atoms with Gasteiger partial charge >= 0.3 is 5.97 Å². The molecule has 122 valence electrons. The van der Waals surface area contributed by atoms with Crippen LogP contribution in [0.25, 0.3) is 0 Å². The Balaban J connectivity index is 2.12. The number of aryl methyl sites for hydroxylation is 2. The lowest BCUT2D eigenvalue weighted by Crippen LogP contribution is -2.28. The van der Waals surface area contributed by atoms with Crippen LogP contribution in [0.4, 0.5) is 0 Å². The van der Waals surface area contributed by atoms with Crippen molar-refractivity contribution in [3.05, 3.63) is 70.8 Å². The van der Waals surface area contributed by atoms with Gasteiger partial charge in [0.25, 0.3) is 0 Å². The summed E-state index contributed by atoms with van der Waals surface area (Å²) in [6, 6.07) is 18.8. The second-order valence-electron chi connectivity index (χ2n) is 6.14. The number of hydrogen-bond acceptors (Lipinski definition) is 3. The van der Waals surface area contributed by atoms with Crippen LogP contribution in [0.5, 0.6) is 0 Å². The van der Waals surface area contributed by atoms with Gasteiger partial charge in [0.05, 0.1) is 12.7 Å². The highest BCUT2D eigenvalue weighted by atomic mass is 16.5. The van der Waals surface area contributed by atoms with Crippen molar-refractivity contribution in [1.29, 1.82) is 5.26 Å². The monoisotopic (exact) mass is 319 g/mol. The second-order valence-corrected chi connectivity index (χ2v) is 6.14. The van der Waals surface area contributed by atoms with E-state index in [1.54, 1.807) is 6.92 Å². The van der Waals surface area contributed by atoms with Crippen LogP contribution >= 0.6 is 0 Å². The average Bonchev–Trinajstić information content (AvgIpc) is 2.76. The Labute approximate surface area is 142 Å². The summed E-state index contributed by atoms with van der Waals surface area (Å²) in [6.45, 7) is 2.17. The molecule has 0 heterocycles. The average molecular weight is 319 g/mol. The lowest BCUT2D eigenvalue weighted by atomic mass is 9.70. The smallest absolute Gasteiger partial charge is 0.305 e. The molecule has 3 nitrogen and oxygen atoms in total. The first-order valence-corrected chi connectivity index (χ1v) is 8.45. The van der Waals surface area contributed by atoms with Gasteiger partial charge in [0.1, 0.15) is 5.41 Å². The van der Waals surface area contributed by atoms with Crippen molar-refractivity contribution in [3.8, 4) is 6.07 Å².